The van der Waals surface area contributed by atoms with Crippen LogP contribution in [0.15, 0.2) is 12.7 Å². The van der Waals surface area contributed by atoms with Crippen molar-refractivity contribution in [1.29, 1.82) is 0 Å². The third-order valence-electron chi connectivity index (χ3n) is 4.76. The Hall–Kier alpha value is -0.790. The van der Waals surface area contributed by atoms with Gasteiger partial charge in [-0.3, -0.25) is 4.79 Å². The van der Waals surface area contributed by atoms with Gasteiger partial charge in [0.05, 0.1) is 13.0 Å². The molecule has 2 aliphatic rings. The first-order chi connectivity index (χ1) is 7.55. The van der Waals surface area contributed by atoms with E-state index in [0.29, 0.717) is 24.4 Å². The van der Waals surface area contributed by atoms with Crippen LogP contribution in [0, 0.1) is 23.2 Å². The van der Waals surface area contributed by atoms with Crippen molar-refractivity contribution in [2.24, 2.45) is 23.2 Å². The SMILES string of the molecule is C=CCC(=O)OCC1CC2CC[C@@H]1C2(C)C. The zero-order valence-corrected chi connectivity index (χ0v) is 10.4. The molecule has 0 aromatic carbocycles. The van der Waals surface area contributed by atoms with Crippen molar-refractivity contribution >= 4 is 5.97 Å². The fourth-order valence-corrected chi connectivity index (χ4v) is 3.78. The van der Waals surface area contributed by atoms with Crippen LogP contribution in [0.1, 0.15) is 39.5 Å². The molecule has 0 heterocycles. The third-order valence-corrected chi connectivity index (χ3v) is 4.76. The quantitative estimate of drug-likeness (QED) is 0.539. The molecular weight excluding hydrogens is 200 g/mol. The van der Waals surface area contributed by atoms with Gasteiger partial charge in [-0.2, -0.15) is 0 Å². The highest BCUT2D eigenvalue weighted by atomic mass is 16.5. The Morgan fingerprint density at radius 1 is 1.50 bits per heavy atom. The van der Waals surface area contributed by atoms with Gasteiger partial charge in [0.25, 0.3) is 0 Å². The van der Waals surface area contributed by atoms with E-state index in [4.69, 9.17) is 4.74 Å². The molecule has 0 radical (unpaired) electrons. The Morgan fingerprint density at radius 2 is 2.25 bits per heavy atom. The number of carbonyl (C=O) groups is 1. The number of fused-ring (bicyclic) bond motifs is 2. The summed E-state index contributed by atoms with van der Waals surface area (Å²) in [5, 5.41) is 0. The van der Waals surface area contributed by atoms with Crippen LogP contribution in [0.4, 0.5) is 0 Å². The molecule has 0 spiro atoms. The maximum Gasteiger partial charge on any atom is 0.309 e. The molecule has 0 aliphatic heterocycles. The molecule has 2 bridgehead atoms. The summed E-state index contributed by atoms with van der Waals surface area (Å²) in [6, 6.07) is 0. The van der Waals surface area contributed by atoms with Crippen LogP contribution in [0.2, 0.25) is 0 Å². The fraction of sp³-hybridized carbons (Fsp3) is 0.786. The van der Waals surface area contributed by atoms with Crippen LogP contribution in [0.25, 0.3) is 0 Å². The van der Waals surface area contributed by atoms with Crippen LogP contribution < -0.4 is 0 Å². The Morgan fingerprint density at radius 3 is 2.75 bits per heavy atom. The Bertz CT molecular complexity index is 293. The summed E-state index contributed by atoms with van der Waals surface area (Å²) in [5.41, 5.74) is 0.468. The normalized spacial score (nSPS) is 35.0. The maximum absolute atomic E-state index is 11.3. The first-order valence-corrected chi connectivity index (χ1v) is 6.32. The average molecular weight is 222 g/mol. The topological polar surface area (TPSA) is 26.3 Å². The molecule has 2 nitrogen and oxygen atoms in total. The summed E-state index contributed by atoms with van der Waals surface area (Å²) in [5.74, 6) is 2.08. The number of rotatable bonds is 4. The minimum Gasteiger partial charge on any atom is -0.465 e. The van der Waals surface area contributed by atoms with Gasteiger partial charge in [0, 0.05) is 0 Å². The average Bonchev–Trinajstić information content (AvgIpc) is 2.65. The van der Waals surface area contributed by atoms with Crippen LogP contribution >= 0.6 is 0 Å². The van der Waals surface area contributed by atoms with E-state index in [9.17, 15) is 4.79 Å². The minimum absolute atomic E-state index is 0.129. The van der Waals surface area contributed by atoms with Gasteiger partial charge in [0.1, 0.15) is 0 Å². The lowest BCUT2D eigenvalue weighted by atomic mass is 9.80. The molecule has 2 heteroatoms. The highest BCUT2D eigenvalue weighted by molar-refractivity contribution is 5.70. The highest BCUT2D eigenvalue weighted by Gasteiger charge is 2.53. The fourth-order valence-electron chi connectivity index (χ4n) is 3.78. The lowest BCUT2D eigenvalue weighted by molar-refractivity contribution is -0.144. The van der Waals surface area contributed by atoms with Gasteiger partial charge in [0.2, 0.25) is 0 Å². The van der Waals surface area contributed by atoms with Crippen molar-refractivity contribution in [3.05, 3.63) is 12.7 Å². The molecule has 0 aromatic heterocycles. The van der Waals surface area contributed by atoms with Gasteiger partial charge in [-0.1, -0.05) is 19.9 Å². The predicted molar refractivity (Wildman–Crippen MR) is 63.9 cm³/mol. The Labute approximate surface area is 98.1 Å². The summed E-state index contributed by atoms with van der Waals surface area (Å²) < 4.78 is 5.30. The standard InChI is InChI=1S/C14H22O2/c1-4-5-13(15)16-9-10-8-11-6-7-12(10)14(11,2)3/h4,10-12H,1,5-9H2,2-3H3/t10?,11?,12-/m0/s1. The number of ether oxygens (including phenoxy) is 1. The number of esters is 1. The predicted octanol–water partition coefficient (Wildman–Crippen LogP) is 3.18. The van der Waals surface area contributed by atoms with E-state index in [1.165, 1.54) is 19.3 Å². The van der Waals surface area contributed by atoms with Gasteiger partial charge in [-0.05, 0) is 42.4 Å². The van der Waals surface area contributed by atoms with Gasteiger partial charge >= 0.3 is 5.97 Å². The van der Waals surface area contributed by atoms with Crippen LogP contribution in [0.5, 0.6) is 0 Å². The molecule has 2 fully saturated rings. The van der Waals surface area contributed by atoms with E-state index in [0.717, 1.165) is 11.8 Å². The van der Waals surface area contributed by atoms with Crippen molar-refractivity contribution < 1.29 is 9.53 Å². The van der Waals surface area contributed by atoms with Gasteiger partial charge in [0.15, 0.2) is 0 Å². The zero-order chi connectivity index (χ0) is 11.8. The van der Waals surface area contributed by atoms with E-state index in [1.54, 1.807) is 6.08 Å². The minimum atomic E-state index is -0.129. The van der Waals surface area contributed by atoms with Crippen molar-refractivity contribution in [1.82, 2.24) is 0 Å². The van der Waals surface area contributed by atoms with Crippen LogP contribution in [-0.2, 0) is 9.53 Å². The summed E-state index contributed by atoms with van der Waals surface area (Å²) in [4.78, 5) is 11.3. The number of hydrogen-bond donors (Lipinski definition) is 0. The molecule has 2 saturated carbocycles. The van der Waals surface area contributed by atoms with Gasteiger partial charge in [-0.25, -0.2) is 0 Å². The van der Waals surface area contributed by atoms with E-state index in [2.05, 4.69) is 20.4 Å². The molecule has 3 atom stereocenters. The van der Waals surface area contributed by atoms with E-state index >= 15 is 0 Å². The van der Waals surface area contributed by atoms with Gasteiger partial charge in [-0.15, -0.1) is 6.58 Å². The number of carbonyl (C=O) groups excluding carboxylic acids is 1. The summed E-state index contributed by atoms with van der Waals surface area (Å²) >= 11 is 0. The van der Waals surface area contributed by atoms with Crippen molar-refractivity contribution in [3.63, 3.8) is 0 Å². The molecule has 0 amide bonds. The Kier molecular flexibility index (Phi) is 3.09. The second-order valence-corrected chi connectivity index (χ2v) is 5.87. The van der Waals surface area contributed by atoms with E-state index in [-0.39, 0.29) is 5.97 Å². The lowest BCUT2D eigenvalue weighted by Crippen LogP contribution is -2.23. The van der Waals surface area contributed by atoms with Crippen molar-refractivity contribution in [2.45, 2.75) is 39.5 Å². The Balaban J connectivity index is 1.85. The second kappa shape index (κ2) is 4.23. The molecule has 0 saturated heterocycles. The maximum atomic E-state index is 11.3. The smallest absolute Gasteiger partial charge is 0.309 e. The monoisotopic (exact) mass is 222 g/mol. The van der Waals surface area contributed by atoms with Crippen LogP contribution in [0.3, 0.4) is 0 Å². The van der Waals surface area contributed by atoms with E-state index < -0.39 is 0 Å². The van der Waals surface area contributed by atoms with Crippen molar-refractivity contribution in [2.75, 3.05) is 6.61 Å². The zero-order valence-electron chi connectivity index (χ0n) is 10.4. The molecule has 90 valence electrons. The number of hydrogen-bond acceptors (Lipinski definition) is 2. The highest BCUT2D eigenvalue weighted by Crippen LogP contribution is 2.60. The molecule has 2 unspecified atom stereocenters. The lowest BCUT2D eigenvalue weighted by Gasteiger charge is -2.26. The summed E-state index contributed by atoms with van der Waals surface area (Å²) in [6.07, 6.45) is 5.88. The first kappa shape index (κ1) is 11.7. The van der Waals surface area contributed by atoms with Gasteiger partial charge < -0.3 is 4.74 Å². The van der Waals surface area contributed by atoms with Crippen LogP contribution in [-0.4, -0.2) is 12.6 Å². The molecule has 2 aliphatic carbocycles. The van der Waals surface area contributed by atoms with Crippen molar-refractivity contribution in [3.8, 4) is 0 Å². The summed E-state index contributed by atoms with van der Waals surface area (Å²) in [7, 11) is 0. The second-order valence-electron chi connectivity index (χ2n) is 5.87. The van der Waals surface area contributed by atoms with E-state index in [1.807, 2.05) is 0 Å². The third kappa shape index (κ3) is 1.90. The largest absolute Gasteiger partial charge is 0.465 e. The molecule has 0 N–H and O–H groups in total. The molecule has 16 heavy (non-hydrogen) atoms. The molecular formula is C14H22O2. The first-order valence-electron chi connectivity index (χ1n) is 6.32. The summed E-state index contributed by atoms with van der Waals surface area (Å²) in [6.45, 7) is 8.91. The molecule has 2 rings (SSSR count). The molecule has 0 aromatic rings.